The van der Waals surface area contributed by atoms with Crippen LogP contribution in [0, 0.1) is 0 Å². The van der Waals surface area contributed by atoms with Crippen molar-refractivity contribution in [2.75, 3.05) is 0 Å². The topological polar surface area (TPSA) is 28.7 Å². The Bertz CT molecular complexity index is 490. The molecular formula is C9H6ClF3N2. The van der Waals surface area contributed by atoms with Gasteiger partial charge in [0.05, 0.1) is 10.5 Å². The van der Waals surface area contributed by atoms with Crippen molar-refractivity contribution in [1.29, 1.82) is 0 Å². The fraction of sp³-hybridized carbons (Fsp3) is 0.222. The van der Waals surface area contributed by atoms with Crippen LogP contribution in [-0.2, 0) is 6.42 Å². The molecule has 0 saturated heterocycles. The number of nitrogens with one attached hydrogen (secondary N) is 1. The highest BCUT2D eigenvalue weighted by Gasteiger charge is 2.29. The van der Waals surface area contributed by atoms with Gasteiger partial charge in [-0.25, -0.2) is 4.98 Å². The van der Waals surface area contributed by atoms with Gasteiger partial charge >= 0.3 is 6.18 Å². The lowest BCUT2D eigenvalue weighted by Crippen LogP contribution is -2.12. The molecule has 15 heavy (non-hydrogen) atoms. The Morgan fingerprint density at radius 1 is 1.33 bits per heavy atom. The van der Waals surface area contributed by atoms with E-state index in [0.29, 0.717) is 16.1 Å². The smallest absolute Gasteiger partial charge is 0.342 e. The second-order valence-corrected chi connectivity index (χ2v) is 3.52. The average Bonchev–Trinajstić information content (AvgIpc) is 2.45. The minimum Gasteiger partial charge on any atom is -0.342 e. The van der Waals surface area contributed by atoms with E-state index in [0.717, 1.165) is 0 Å². The summed E-state index contributed by atoms with van der Waals surface area (Å²) in [7, 11) is 0. The van der Waals surface area contributed by atoms with Crippen LogP contribution in [0.2, 0.25) is 5.02 Å². The molecule has 0 fully saturated rings. The van der Waals surface area contributed by atoms with Crippen LogP contribution in [0.3, 0.4) is 0 Å². The van der Waals surface area contributed by atoms with Gasteiger partial charge in [0, 0.05) is 0 Å². The molecular weight excluding hydrogens is 229 g/mol. The normalized spacial score (nSPS) is 12.3. The van der Waals surface area contributed by atoms with Crippen molar-refractivity contribution in [1.82, 2.24) is 9.97 Å². The van der Waals surface area contributed by atoms with E-state index in [1.54, 1.807) is 18.2 Å². The molecule has 1 heterocycles. The molecule has 0 aliphatic heterocycles. The fourth-order valence-electron chi connectivity index (χ4n) is 1.32. The van der Waals surface area contributed by atoms with Crippen LogP contribution in [0.4, 0.5) is 13.2 Å². The highest BCUT2D eigenvalue weighted by Crippen LogP contribution is 2.24. The third-order valence-electron chi connectivity index (χ3n) is 1.88. The van der Waals surface area contributed by atoms with E-state index < -0.39 is 12.6 Å². The summed E-state index contributed by atoms with van der Waals surface area (Å²) < 4.78 is 36.2. The number of fused-ring (bicyclic) bond motifs is 1. The Hall–Kier alpha value is -1.23. The Morgan fingerprint density at radius 3 is 2.67 bits per heavy atom. The van der Waals surface area contributed by atoms with E-state index in [1.165, 1.54) is 0 Å². The molecule has 0 saturated carbocycles. The van der Waals surface area contributed by atoms with Gasteiger partial charge in [0.15, 0.2) is 0 Å². The molecule has 0 radical (unpaired) electrons. The van der Waals surface area contributed by atoms with Crippen LogP contribution in [0.15, 0.2) is 18.2 Å². The molecule has 2 rings (SSSR count). The minimum absolute atomic E-state index is 0.120. The zero-order valence-corrected chi connectivity index (χ0v) is 8.15. The third kappa shape index (κ3) is 2.23. The Morgan fingerprint density at radius 2 is 2.07 bits per heavy atom. The van der Waals surface area contributed by atoms with Gasteiger partial charge < -0.3 is 4.98 Å². The predicted octanol–water partition coefficient (Wildman–Crippen LogP) is 3.32. The predicted molar refractivity (Wildman–Crippen MR) is 50.9 cm³/mol. The molecule has 0 atom stereocenters. The number of aromatic amines is 1. The summed E-state index contributed by atoms with van der Waals surface area (Å²) in [6, 6.07) is 4.87. The largest absolute Gasteiger partial charge is 0.396 e. The van der Waals surface area contributed by atoms with Gasteiger partial charge in [-0.2, -0.15) is 13.2 Å². The number of aromatic nitrogens is 2. The molecule has 1 aromatic heterocycles. The summed E-state index contributed by atoms with van der Waals surface area (Å²) >= 11 is 5.78. The van der Waals surface area contributed by atoms with Gasteiger partial charge in [0.25, 0.3) is 0 Å². The molecule has 6 heteroatoms. The maximum absolute atomic E-state index is 12.1. The van der Waals surface area contributed by atoms with E-state index >= 15 is 0 Å². The molecule has 2 aromatic rings. The molecule has 0 amide bonds. The van der Waals surface area contributed by atoms with Gasteiger partial charge in [-0.1, -0.05) is 17.7 Å². The second kappa shape index (κ2) is 3.41. The minimum atomic E-state index is -4.26. The Balaban J connectivity index is 2.44. The van der Waals surface area contributed by atoms with Gasteiger partial charge in [0.1, 0.15) is 17.8 Å². The quantitative estimate of drug-likeness (QED) is 0.806. The van der Waals surface area contributed by atoms with E-state index in [9.17, 15) is 13.2 Å². The maximum Gasteiger partial charge on any atom is 0.396 e. The van der Waals surface area contributed by atoms with Crippen molar-refractivity contribution in [2.45, 2.75) is 12.6 Å². The van der Waals surface area contributed by atoms with Crippen molar-refractivity contribution in [2.24, 2.45) is 0 Å². The number of para-hydroxylation sites is 1. The monoisotopic (exact) mass is 234 g/mol. The highest BCUT2D eigenvalue weighted by molar-refractivity contribution is 6.34. The van der Waals surface area contributed by atoms with Crippen LogP contribution in [0.1, 0.15) is 5.82 Å². The highest BCUT2D eigenvalue weighted by atomic mass is 35.5. The number of imidazole rings is 1. The molecule has 0 unspecified atom stereocenters. The first-order chi connectivity index (χ1) is 6.96. The Labute approximate surface area is 88.1 Å². The fourth-order valence-corrected chi connectivity index (χ4v) is 1.54. The molecule has 2 nitrogen and oxygen atoms in total. The molecule has 80 valence electrons. The van der Waals surface area contributed by atoms with Crippen LogP contribution >= 0.6 is 11.6 Å². The lowest BCUT2D eigenvalue weighted by Gasteiger charge is -2.01. The van der Waals surface area contributed by atoms with E-state index in [-0.39, 0.29) is 5.82 Å². The van der Waals surface area contributed by atoms with Crippen LogP contribution in [-0.4, -0.2) is 16.1 Å². The molecule has 1 N–H and O–H groups in total. The number of hydrogen-bond donors (Lipinski definition) is 1. The van der Waals surface area contributed by atoms with Crippen molar-refractivity contribution in [3.8, 4) is 0 Å². The van der Waals surface area contributed by atoms with Crippen molar-refractivity contribution < 1.29 is 13.2 Å². The van der Waals surface area contributed by atoms with Crippen LogP contribution < -0.4 is 0 Å². The standard InChI is InChI=1S/C9H6ClF3N2/c10-5-2-1-3-6-8(5)15-7(14-6)4-9(11,12)13/h1-3H,4H2,(H,14,15). The van der Waals surface area contributed by atoms with Gasteiger partial charge in [-0.3, -0.25) is 0 Å². The lowest BCUT2D eigenvalue weighted by atomic mass is 10.3. The van der Waals surface area contributed by atoms with Crippen LogP contribution in [0.5, 0.6) is 0 Å². The van der Waals surface area contributed by atoms with Crippen molar-refractivity contribution in [3.63, 3.8) is 0 Å². The van der Waals surface area contributed by atoms with E-state index in [1.807, 2.05) is 0 Å². The number of H-pyrrole nitrogens is 1. The average molecular weight is 235 g/mol. The number of benzene rings is 1. The van der Waals surface area contributed by atoms with Crippen LogP contribution in [0.25, 0.3) is 11.0 Å². The number of alkyl halides is 3. The van der Waals surface area contributed by atoms with Crippen molar-refractivity contribution >= 4 is 22.6 Å². The number of rotatable bonds is 1. The van der Waals surface area contributed by atoms with Gasteiger partial charge in [0.2, 0.25) is 0 Å². The van der Waals surface area contributed by atoms with E-state index in [4.69, 9.17) is 11.6 Å². The zero-order chi connectivity index (χ0) is 11.1. The zero-order valence-electron chi connectivity index (χ0n) is 7.40. The maximum atomic E-state index is 12.1. The molecule has 0 aliphatic carbocycles. The van der Waals surface area contributed by atoms with E-state index in [2.05, 4.69) is 9.97 Å². The Kier molecular flexibility index (Phi) is 2.34. The first kappa shape index (κ1) is 10.3. The van der Waals surface area contributed by atoms with Crippen molar-refractivity contribution in [3.05, 3.63) is 29.0 Å². The first-order valence-electron chi connectivity index (χ1n) is 4.15. The number of hydrogen-bond acceptors (Lipinski definition) is 1. The summed E-state index contributed by atoms with van der Waals surface area (Å²) in [5, 5.41) is 0.345. The molecule has 0 spiro atoms. The number of nitrogens with zero attached hydrogens (tertiary/aromatic N) is 1. The number of halogens is 4. The third-order valence-corrected chi connectivity index (χ3v) is 2.19. The molecule has 0 aliphatic rings. The SMILES string of the molecule is FC(F)(F)Cc1nc2c(Cl)cccc2[nH]1. The van der Waals surface area contributed by atoms with Gasteiger partial charge in [-0.05, 0) is 12.1 Å². The summed E-state index contributed by atoms with van der Waals surface area (Å²) in [4.78, 5) is 6.37. The summed E-state index contributed by atoms with van der Waals surface area (Å²) in [6.45, 7) is 0. The molecule has 0 bridgehead atoms. The summed E-state index contributed by atoms with van der Waals surface area (Å²) in [5.74, 6) is -0.120. The lowest BCUT2D eigenvalue weighted by molar-refractivity contribution is -0.128. The van der Waals surface area contributed by atoms with Gasteiger partial charge in [-0.15, -0.1) is 0 Å². The summed E-state index contributed by atoms with van der Waals surface area (Å²) in [5.41, 5.74) is 0.889. The first-order valence-corrected chi connectivity index (χ1v) is 4.53. The molecule has 1 aromatic carbocycles. The second-order valence-electron chi connectivity index (χ2n) is 3.11. The summed E-state index contributed by atoms with van der Waals surface area (Å²) in [6.07, 6.45) is -5.33.